The second-order valence-electron chi connectivity index (χ2n) is 7.04. The maximum atomic E-state index is 12.8. The minimum Gasteiger partial charge on any atom is -0.355 e. The van der Waals surface area contributed by atoms with Crippen LogP contribution >= 0.6 is 0 Å². The van der Waals surface area contributed by atoms with Crippen LogP contribution in [0.3, 0.4) is 0 Å². The Morgan fingerprint density at radius 1 is 0.913 bits per heavy atom. The first-order valence-electron chi connectivity index (χ1n) is 9.04. The monoisotopic (exact) mass is 334 g/mol. The highest BCUT2D eigenvalue weighted by Gasteiger charge is 2.43. The maximum absolute atomic E-state index is 12.8. The molecule has 2 atom stereocenters. The molecule has 2 N–H and O–H groups in total. The highest BCUT2D eigenvalue weighted by Crippen LogP contribution is 2.39. The summed E-state index contributed by atoms with van der Waals surface area (Å²) in [6.07, 6.45) is 4.50. The van der Waals surface area contributed by atoms with E-state index in [2.05, 4.69) is 10.6 Å². The number of hydrogen-bond donors (Lipinski definition) is 2. The summed E-state index contributed by atoms with van der Waals surface area (Å²) >= 11 is 0. The van der Waals surface area contributed by atoms with E-state index in [0.29, 0.717) is 32.0 Å². The summed E-state index contributed by atoms with van der Waals surface area (Å²) in [5, 5.41) is 6.27. The van der Waals surface area contributed by atoms with Gasteiger partial charge in [0.15, 0.2) is 0 Å². The molecule has 2 fully saturated rings. The quantitative estimate of drug-likeness (QED) is 0.593. The van der Waals surface area contributed by atoms with Crippen molar-refractivity contribution in [2.24, 2.45) is 11.8 Å². The topological polar surface area (TPSA) is 41.1 Å². The van der Waals surface area contributed by atoms with Gasteiger partial charge in [-0.05, 0) is 32.1 Å². The molecule has 3 nitrogen and oxygen atoms in total. The van der Waals surface area contributed by atoms with E-state index in [1.54, 1.807) is 0 Å². The van der Waals surface area contributed by atoms with Gasteiger partial charge in [0, 0.05) is 25.0 Å². The second-order valence-corrected chi connectivity index (χ2v) is 7.04. The third kappa shape index (κ3) is 6.32. The summed E-state index contributed by atoms with van der Waals surface area (Å²) in [5.41, 5.74) is 0. The van der Waals surface area contributed by atoms with Crippen molar-refractivity contribution < 1.29 is 18.0 Å². The van der Waals surface area contributed by atoms with E-state index in [9.17, 15) is 18.0 Å². The van der Waals surface area contributed by atoms with Crippen molar-refractivity contribution in [2.45, 2.75) is 76.4 Å². The molecule has 0 saturated heterocycles. The van der Waals surface area contributed by atoms with Crippen molar-refractivity contribution in [3.63, 3.8) is 0 Å². The summed E-state index contributed by atoms with van der Waals surface area (Å²) in [4.78, 5) is 12.1. The third-order valence-corrected chi connectivity index (χ3v) is 5.22. The molecule has 2 aliphatic carbocycles. The SMILES string of the molecule is O=C(NCCNC1CCCCCC1)C1CCCC(C(F)(F)F)C1. The Labute approximate surface area is 136 Å². The van der Waals surface area contributed by atoms with Gasteiger partial charge in [-0.2, -0.15) is 13.2 Å². The molecule has 1 amide bonds. The summed E-state index contributed by atoms with van der Waals surface area (Å²) in [6.45, 7) is 1.20. The predicted molar refractivity (Wildman–Crippen MR) is 84.0 cm³/mol. The van der Waals surface area contributed by atoms with E-state index in [1.165, 1.54) is 38.5 Å². The molecule has 2 unspecified atom stereocenters. The predicted octanol–water partition coefficient (Wildman–Crippen LogP) is 3.78. The number of nitrogens with one attached hydrogen (secondary N) is 2. The number of carbonyl (C=O) groups is 1. The van der Waals surface area contributed by atoms with E-state index in [4.69, 9.17) is 0 Å². The minimum atomic E-state index is -4.17. The van der Waals surface area contributed by atoms with Crippen LogP contribution in [0.25, 0.3) is 0 Å². The number of halogens is 3. The molecule has 2 saturated carbocycles. The van der Waals surface area contributed by atoms with Crippen molar-refractivity contribution in [1.29, 1.82) is 0 Å². The van der Waals surface area contributed by atoms with Crippen molar-refractivity contribution in [3.05, 3.63) is 0 Å². The zero-order chi connectivity index (χ0) is 16.7. The molecule has 2 aliphatic rings. The molecule has 0 aromatic rings. The molecule has 134 valence electrons. The summed E-state index contributed by atoms with van der Waals surface area (Å²) < 4.78 is 38.3. The van der Waals surface area contributed by atoms with Crippen LogP contribution in [-0.4, -0.2) is 31.2 Å². The number of carbonyl (C=O) groups excluding carboxylic acids is 1. The molecule has 0 aromatic carbocycles. The Balaban J connectivity index is 1.64. The van der Waals surface area contributed by atoms with Crippen molar-refractivity contribution in [3.8, 4) is 0 Å². The van der Waals surface area contributed by atoms with Crippen LogP contribution in [0.4, 0.5) is 13.2 Å². The summed E-state index contributed by atoms with van der Waals surface area (Å²) in [5.74, 6) is -1.99. The van der Waals surface area contributed by atoms with Crippen LogP contribution in [0.1, 0.15) is 64.2 Å². The van der Waals surface area contributed by atoms with Gasteiger partial charge in [0.05, 0.1) is 5.92 Å². The van der Waals surface area contributed by atoms with E-state index in [0.717, 1.165) is 0 Å². The van der Waals surface area contributed by atoms with Gasteiger partial charge in [-0.25, -0.2) is 0 Å². The highest BCUT2D eigenvalue weighted by atomic mass is 19.4. The van der Waals surface area contributed by atoms with Gasteiger partial charge in [0.1, 0.15) is 0 Å². The first-order valence-corrected chi connectivity index (χ1v) is 9.04. The number of amides is 1. The fourth-order valence-electron chi connectivity index (χ4n) is 3.82. The zero-order valence-electron chi connectivity index (χ0n) is 13.8. The van der Waals surface area contributed by atoms with Crippen molar-refractivity contribution in [1.82, 2.24) is 10.6 Å². The van der Waals surface area contributed by atoms with Gasteiger partial charge in [0.25, 0.3) is 0 Å². The van der Waals surface area contributed by atoms with E-state index in [1.807, 2.05) is 0 Å². The van der Waals surface area contributed by atoms with Crippen LogP contribution in [0.15, 0.2) is 0 Å². The summed E-state index contributed by atoms with van der Waals surface area (Å²) in [6, 6.07) is 0.527. The Bertz CT molecular complexity index is 365. The molecule has 0 aliphatic heterocycles. The van der Waals surface area contributed by atoms with Crippen LogP contribution in [0, 0.1) is 11.8 Å². The van der Waals surface area contributed by atoms with Gasteiger partial charge in [0.2, 0.25) is 5.91 Å². The van der Waals surface area contributed by atoms with Crippen molar-refractivity contribution >= 4 is 5.91 Å². The largest absolute Gasteiger partial charge is 0.391 e. The lowest BCUT2D eigenvalue weighted by atomic mass is 9.80. The smallest absolute Gasteiger partial charge is 0.355 e. The lowest BCUT2D eigenvalue weighted by Crippen LogP contribution is -2.41. The highest BCUT2D eigenvalue weighted by molar-refractivity contribution is 5.78. The Morgan fingerprint density at radius 2 is 1.61 bits per heavy atom. The minimum absolute atomic E-state index is 0.0502. The molecule has 23 heavy (non-hydrogen) atoms. The van der Waals surface area contributed by atoms with Crippen LogP contribution in [0.5, 0.6) is 0 Å². The first kappa shape index (κ1) is 18.6. The van der Waals surface area contributed by atoms with Gasteiger partial charge >= 0.3 is 6.18 Å². The molecular formula is C17H29F3N2O. The number of hydrogen-bond acceptors (Lipinski definition) is 2. The lowest BCUT2D eigenvalue weighted by molar-refractivity contribution is -0.186. The Hall–Kier alpha value is -0.780. The number of rotatable bonds is 5. The van der Waals surface area contributed by atoms with Crippen LogP contribution < -0.4 is 10.6 Å². The zero-order valence-corrected chi connectivity index (χ0v) is 13.8. The molecular weight excluding hydrogens is 305 g/mol. The Kier molecular flexibility index (Phi) is 7.18. The molecule has 0 radical (unpaired) electrons. The maximum Gasteiger partial charge on any atom is 0.391 e. The van der Waals surface area contributed by atoms with Gasteiger partial charge in [-0.15, -0.1) is 0 Å². The third-order valence-electron chi connectivity index (χ3n) is 5.22. The van der Waals surface area contributed by atoms with E-state index < -0.39 is 18.0 Å². The van der Waals surface area contributed by atoms with Crippen LogP contribution in [-0.2, 0) is 4.79 Å². The van der Waals surface area contributed by atoms with Gasteiger partial charge in [-0.3, -0.25) is 4.79 Å². The lowest BCUT2D eigenvalue weighted by Gasteiger charge is -2.29. The molecule has 6 heteroatoms. The fraction of sp³-hybridized carbons (Fsp3) is 0.941. The van der Waals surface area contributed by atoms with E-state index >= 15 is 0 Å². The second kappa shape index (κ2) is 8.90. The average Bonchev–Trinajstić information content (AvgIpc) is 2.79. The van der Waals surface area contributed by atoms with Crippen molar-refractivity contribution in [2.75, 3.05) is 13.1 Å². The normalized spacial score (nSPS) is 27.4. The van der Waals surface area contributed by atoms with Gasteiger partial charge < -0.3 is 10.6 Å². The Morgan fingerprint density at radius 3 is 2.26 bits per heavy atom. The molecule has 0 heterocycles. The van der Waals surface area contributed by atoms with E-state index in [-0.39, 0.29) is 18.7 Å². The number of alkyl halides is 3. The molecule has 0 bridgehead atoms. The summed E-state index contributed by atoms with van der Waals surface area (Å²) in [7, 11) is 0. The fourth-order valence-corrected chi connectivity index (χ4v) is 3.82. The van der Waals surface area contributed by atoms with Crippen LogP contribution in [0.2, 0.25) is 0 Å². The molecule has 0 aromatic heterocycles. The van der Waals surface area contributed by atoms with Gasteiger partial charge in [-0.1, -0.05) is 32.1 Å². The molecule has 2 rings (SSSR count). The molecule has 0 spiro atoms. The average molecular weight is 334 g/mol. The first-order chi connectivity index (χ1) is 11.0. The standard InChI is InChI=1S/C17H29F3N2O/c18-17(19,20)14-7-5-6-13(12-14)16(23)22-11-10-21-15-8-3-1-2-4-9-15/h13-15,21H,1-12H2,(H,22,23).